The highest BCUT2D eigenvalue weighted by atomic mass is 16.2. The number of hydrogen-bond acceptors (Lipinski definition) is 2. The zero-order chi connectivity index (χ0) is 20.8. The molecule has 0 unspecified atom stereocenters. The fraction of sp³-hybridized carbons (Fsp3) is 0.120. The van der Waals surface area contributed by atoms with Gasteiger partial charge in [0.15, 0.2) is 0 Å². The average Bonchev–Trinajstić information content (AvgIpc) is 3.21. The number of rotatable bonds is 7. The Morgan fingerprint density at radius 3 is 2.27 bits per heavy atom. The lowest BCUT2D eigenvalue weighted by atomic mass is 10.0. The van der Waals surface area contributed by atoms with Crippen molar-refractivity contribution in [1.82, 2.24) is 15.6 Å². The highest BCUT2D eigenvalue weighted by molar-refractivity contribution is 5.97. The summed E-state index contributed by atoms with van der Waals surface area (Å²) in [5.74, 6) is -0.483. The molecule has 2 amide bonds. The molecule has 3 aromatic carbocycles. The molecule has 4 aromatic rings. The van der Waals surface area contributed by atoms with Crippen LogP contribution in [0.5, 0.6) is 0 Å². The van der Waals surface area contributed by atoms with Gasteiger partial charge in [0.2, 0.25) is 5.91 Å². The second-order valence-corrected chi connectivity index (χ2v) is 7.16. The number of aromatic nitrogens is 1. The maximum Gasteiger partial charge on any atom is 0.251 e. The van der Waals surface area contributed by atoms with Crippen LogP contribution in [0.4, 0.5) is 0 Å². The molecule has 5 heteroatoms. The summed E-state index contributed by atoms with van der Waals surface area (Å²) < 4.78 is 0. The number of H-pyrrole nitrogens is 1. The molecule has 0 fully saturated rings. The molecule has 30 heavy (non-hydrogen) atoms. The van der Waals surface area contributed by atoms with E-state index >= 15 is 0 Å². The van der Waals surface area contributed by atoms with Crippen LogP contribution in [0.1, 0.15) is 21.5 Å². The smallest absolute Gasteiger partial charge is 0.251 e. The number of hydrogen-bond donors (Lipinski definition) is 3. The van der Waals surface area contributed by atoms with E-state index in [1.165, 1.54) is 0 Å². The molecule has 0 aliphatic carbocycles. The Hall–Kier alpha value is -3.86. The minimum absolute atomic E-state index is 0.214. The van der Waals surface area contributed by atoms with E-state index in [2.05, 4.69) is 15.6 Å². The van der Waals surface area contributed by atoms with Crippen LogP contribution in [0.15, 0.2) is 91.1 Å². The standard InChI is InChI=1S/C25H23N3O2/c29-24(19-11-5-2-6-12-19)28-23(25(30)27-16-18-9-3-1-4-10-18)15-20-17-26-22-14-8-7-13-21(20)22/h1-14,17,23,26H,15-16H2,(H,27,30)(H,28,29)/t23-/m1/s1. The zero-order valence-electron chi connectivity index (χ0n) is 16.5. The van der Waals surface area contributed by atoms with Crippen molar-refractivity contribution in [2.24, 2.45) is 0 Å². The van der Waals surface area contributed by atoms with Crippen LogP contribution in [0.2, 0.25) is 0 Å². The van der Waals surface area contributed by atoms with Gasteiger partial charge in [-0.05, 0) is 29.3 Å². The SMILES string of the molecule is O=C(N[C@H](Cc1c[nH]c2ccccc12)C(=O)NCc1ccccc1)c1ccccc1. The molecule has 0 radical (unpaired) electrons. The number of fused-ring (bicyclic) bond motifs is 1. The van der Waals surface area contributed by atoms with Crippen molar-refractivity contribution < 1.29 is 9.59 Å². The molecule has 3 N–H and O–H groups in total. The molecule has 1 aromatic heterocycles. The minimum Gasteiger partial charge on any atom is -0.361 e. The van der Waals surface area contributed by atoms with Crippen LogP contribution in [0.25, 0.3) is 10.9 Å². The van der Waals surface area contributed by atoms with Crippen molar-refractivity contribution in [3.8, 4) is 0 Å². The molecule has 1 atom stereocenters. The summed E-state index contributed by atoms with van der Waals surface area (Å²) in [6, 6.07) is 25.9. The third kappa shape index (κ3) is 4.58. The Kier molecular flexibility index (Phi) is 5.90. The number of carbonyl (C=O) groups is 2. The van der Waals surface area contributed by atoms with Gasteiger partial charge in [0.1, 0.15) is 6.04 Å². The normalized spacial score (nSPS) is 11.7. The summed E-state index contributed by atoms with van der Waals surface area (Å²) in [5.41, 5.74) is 3.52. The van der Waals surface area contributed by atoms with Crippen molar-refractivity contribution in [3.05, 3.63) is 108 Å². The molecule has 0 saturated heterocycles. The number of para-hydroxylation sites is 1. The largest absolute Gasteiger partial charge is 0.361 e. The summed E-state index contributed by atoms with van der Waals surface area (Å²) in [4.78, 5) is 29.0. The van der Waals surface area contributed by atoms with Gasteiger partial charge in [-0.15, -0.1) is 0 Å². The molecule has 0 bridgehead atoms. The maximum absolute atomic E-state index is 13.0. The van der Waals surface area contributed by atoms with Gasteiger partial charge in [-0.25, -0.2) is 0 Å². The van der Waals surface area contributed by atoms with Gasteiger partial charge < -0.3 is 15.6 Å². The van der Waals surface area contributed by atoms with Crippen molar-refractivity contribution >= 4 is 22.7 Å². The summed E-state index contributed by atoms with van der Waals surface area (Å²) >= 11 is 0. The van der Waals surface area contributed by atoms with E-state index in [9.17, 15) is 9.59 Å². The van der Waals surface area contributed by atoms with E-state index in [1.807, 2.05) is 66.9 Å². The Labute approximate surface area is 175 Å². The first-order valence-electron chi connectivity index (χ1n) is 9.93. The number of aromatic amines is 1. The highest BCUT2D eigenvalue weighted by Gasteiger charge is 2.23. The van der Waals surface area contributed by atoms with Crippen LogP contribution in [0, 0.1) is 0 Å². The van der Waals surface area contributed by atoms with Gasteiger partial charge in [-0.1, -0.05) is 66.7 Å². The van der Waals surface area contributed by atoms with Gasteiger partial charge >= 0.3 is 0 Å². The molecule has 5 nitrogen and oxygen atoms in total. The minimum atomic E-state index is -0.694. The van der Waals surface area contributed by atoms with Crippen molar-refractivity contribution in [1.29, 1.82) is 0 Å². The van der Waals surface area contributed by atoms with E-state index < -0.39 is 6.04 Å². The first kappa shape index (κ1) is 19.5. The summed E-state index contributed by atoms with van der Waals surface area (Å²) in [7, 11) is 0. The number of amides is 2. The van der Waals surface area contributed by atoms with Crippen molar-refractivity contribution in [2.75, 3.05) is 0 Å². The van der Waals surface area contributed by atoms with Gasteiger partial charge in [0, 0.05) is 35.6 Å². The average molecular weight is 397 g/mol. The first-order valence-corrected chi connectivity index (χ1v) is 9.93. The molecule has 0 aliphatic heterocycles. The fourth-order valence-corrected chi connectivity index (χ4v) is 3.47. The van der Waals surface area contributed by atoms with Gasteiger partial charge in [-0.3, -0.25) is 9.59 Å². The van der Waals surface area contributed by atoms with E-state index in [-0.39, 0.29) is 11.8 Å². The van der Waals surface area contributed by atoms with Crippen molar-refractivity contribution in [2.45, 2.75) is 19.0 Å². The van der Waals surface area contributed by atoms with Crippen LogP contribution in [-0.2, 0) is 17.8 Å². The predicted molar refractivity (Wildman–Crippen MR) is 118 cm³/mol. The van der Waals surface area contributed by atoms with E-state index in [0.717, 1.165) is 22.0 Å². The molecular formula is C25H23N3O2. The Balaban J connectivity index is 1.53. The van der Waals surface area contributed by atoms with Gasteiger partial charge in [0.05, 0.1) is 0 Å². The Morgan fingerprint density at radius 1 is 0.833 bits per heavy atom. The van der Waals surface area contributed by atoms with Crippen LogP contribution >= 0.6 is 0 Å². The monoisotopic (exact) mass is 397 g/mol. The topological polar surface area (TPSA) is 74.0 Å². The lowest BCUT2D eigenvalue weighted by Gasteiger charge is -2.18. The molecule has 0 saturated carbocycles. The first-order chi connectivity index (χ1) is 14.7. The van der Waals surface area contributed by atoms with Crippen LogP contribution in [0.3, 0.4) is 0 Å². The molecule has 0 spiro atoms. The third-order valence-corrected chi connectivity index (χ3v) is 5.07. The van der Waals surface area contributed by atoms with E-state index in [1.54, 1.807) is 24.3 Å². The van der Waals surface area contributed by atoms with Gasteiger partial charge in [-0.2, -0.15) is 0 Å². The number of carbonyl (C=O) groups excluding carboxylic acids is 2. The highest BCUT2D eigenvalue weighted by Crippen LogP contribution is 2.19. The number of benzene rings is 3. The Morgan fingerprint density at radius 2 is 1.50 bits per heavy atom. The van der Waals surface area contributed by atoms with E-state index in [0.29, 0.717) is 18.5 Å². The summed E-state index contributed by atoms with van der Waals surface area (Å²) in [6.45, 7) is 0.408. The van der Waals surface area contributed by atoms with Crippen LogP contribution in [-0.4, -0.2) is 22.8 Å². The predicted octanol–water partition coefficient (Wildman–Crippen LogP) is 3.83. The van der Waals surface area contributed by atoms with Gasteiger partial charge in [0.25, 0.3) is 5.91 Å². The lowest BCUT2D eigenvalue weighted by molar-refractivity contribution is -0.123. The summed E-state index contributed by atoms with van der Waals surface area (Å²) in [5, 5.41) is 6.91. The fourth-order valence-electron chi connectivity index (χ4n) is 3.47. The lowest BCUT2D eigenvalue weighted by Crippen LogP contribution is -2.47. The van der Waals surface area contributed by atoms with Crippen LogP contribution < -0.4 is 10.6 Å². The van der Waals surface area contributed by atoms with E-state index in [4.69, 9.17) is 0 Å². The Bertz CT molecular complexity index is 1140. The summed E-state index contributed by atoms with van der Waals surface area (Å²) in [6.07, 6.45) is 2.29. The number of nitrogens with one attached hydrogen (secondary N) is 3. The molecule has 4 rings (SSSR count). The molecular weight excluding hydrogens is 374 g/mol. The molecule has 0 aliphatic rings. The molecule has 1 heterocycles. The maximum atomic E-state index is 13.0. The quantitative estimate of drug-likeness (QED) is 0.443. The second-order valence-electron chi connectivity index (χ2n) is 7.16. The van der Waals surface area contributed by atoms with Crippen molar-refractivity contribution in [3.63, 3.8) is 0 Å². The zero-order valence-corrected chi connectivity index (χ0v) is 16.5. The second kappa shape index (κ2) is 9.09. The third-order valence-electron chi connectivity index (χ3n) is 5.07. The molecule has 150 valence electrons.